The number of aryl methyl sites for hydroxylation is 3. The lowest BCUT2D eigenvalue weighted by Gasteiger charge is -2.15. The Balaban J connectivity index is 2.30. The van der Waals surface area contributed by atoms with Crippen LogP contribution in [0.4, 0.5) is 4.39 Å². The highest BCUT2D eigenvalue weighted by Gasteiger charge is 2.16. The van der Waals surface area contributed by atoms with Crippen LogP contribution in [0.2, 0.25) is 0 Å². The van der Waals surface area contributed by atoms with Crippen molar-refractivity contribution in [1.29, 1.82) is 0 Å². The van der Waals surface area contributed by atoms with Crippen LogP contribution in [0, 0.1) is 26.6 Å². The summed E-state index contributed by atoms with van der Waals surface area (Å²) < 4.78 is 15.2. The van der Waals surface area contributed by atoms with E-state index in [-0.39, 0.29) is 11.9 Å². The van der Waals surface area contributed by atoms with Gasteiger partial charge in [-0.25, -0.2) is 4.39 Å². The number of hydrogen-bond donors (Lipinski definition) is 1. The van der Waals surface area contributed by atoms with Crippen LogP contribution in [0.15, 0.2) is 18.2 Å². The predicted octanol–water partition coefficient (Wildman–Crippen LogP) is 2.73. The van der Waals surface area contributed by atoms with Gasteiger partial charge < -0.3 is 5.73 Å². The largest absolute Gasteiger partial charge is 0.324 e. The maximum atomic E-state index is 13.3. The van der Waals surface area contributed by atoms with Gasteiger partial charge in [-0.2, -0.15) is 5.10 Å². The molecule has 2 aromatic rings. The van der Waals surface area contributed by atoms with Gasteiger partial charge in [-0.15, -0.1) is 0 Å². The molecular formula is C15H20FN3. The van der Waals surface area contributed by atoms with Crippen molar-refractivity contribution in [3.63, 3.8) is 0 Å². The molecule has 1 atom stereocenters. The summed E-state index contributed by atoms with van der Waals surface area (Å²) in [6, 6.07) is 4.55. The first-order valence-corrected chi connectivity index (χ1v) is 6.41. The fourth-order valence-corrected chi connectivity index (χ4v) is 2.45. The highest BCUT2D eigenvalue weighted by atomic mass is 19.1. The summed E-state index contributed by atoms with van der Waals surface area (Å²) in [7, 11) is 1.92. The fraction of sp³-hybridized carbons (Fsp3) is 0.400. The molecule has 3 nitrogen and oxygen atoms in total. The van der Waals surface area contributed by atoms with Gasteiger partial charge in [0, 0.05) is 18.8 Å². The van der Waals surface area contributed by atoms with Crippen molar-refractivity contribution in [3.8, 4) is 0 Å². The van der Waals surface area contributed by atoms with E-state index in [9.17, 15) is 4.39 Å². The molecule has 0 aliphatic rings. The molecule has 0 radical (unpaired) electrons. The molecule has 1 heterocycles. The Kier molecular flexibility index (Phi) is 3.71. The third-order valence-electron chi connectivity index (χ3n) is 3.72. The molecule has 19 heavy (non-hydrogen) atoms. The Morgan fingerprint density at radius 2 is 2.00 bits per heavy atom. The van der Waals surface area contributed by atoms with Gasteiger partial charge >= 0.3 is 0 Å². The molecule has 2 rings (SSSR count). The Hall–Kier alpha value is -1.68. The van der Waals surface area contributed by atoms with E-state index in [1.807, 2.05) is 32.5 Å². The van der Waals surface area contributed by atoms with Gasteiger partial charge in [0.15, 0.2) is 0 Å². The van der Waals surface area contributed by atoms with Gasteiger partial charge in [0.1, 0.15) is 5.82 Å². The molecule has 1 aromatic carbocycles. The van der Waals surface area contributed by atoms with Gasteiger partial charge in [-0.1, -0.05) is 6.07 Å². The van der Waals surface area contributed by atoms with Gasteiger partial charge in [-0.3, -0.25) is 4.68 Å². The second-order valence-electron chi connectivity index (χ2n) is 5.08. The smallest absolute Gasteiger partial charge is 0.123 e. The fourth-order valence-electron chi connectivity index (χ4n) is 2.45. The molecule has 0 aliphatic carbocycles. The van der Waals surface area contributed by atoms with Crippen LogP contribution in [0.3, 0.4) is 0 Å². The number of nitrogens with zero attached hydrogens (tertiary/aromatic N) is 2. The minimum Gasteiger partial charge on any atom is -0.324 e. The molecule has 0 amide bonds. The molecule has 102 valence electrons. The lowest BCUT2D eigenvalue weighted by molar-refractivity contribution is 0.616. The molecule has 0 saturated carbocycles. The lowest BCUT2D eigenvalue weighted by Crippen LogP contribution is -2.16. The summed E-state index contributed by atoms with van der Waals surface area (Å²) in [5.74, 6) is -0.240. The monoisotopic (exact) mass is 261 g/mol. The van der Waals surface area contributed by atoms with Gasteiger partial charge in [0.05, 0.1) is 5.69 Å². The van der Waals surface area contributed by atoms with E-state index >= 15 is 0 Å². The topological polar surface area (TPSA) is 43.8 Å². The quantitative estimate of drug-likeness (QED) is 0.923. The molecule has 0 spiro atoms. The molecule has 0 aliphatic heterocycles. The van der Waals surface area contributed by atoms with Crippen molar-refractivity contribution in [2.75, 3.05) is 0 Å². The zero-order chi connectivity index (χ0) is 14.2. The Bertz CT molecular complexity index is 602. The second kappa shape index (κ2) is 5.13. The number of aromatic nitrogens is 2. The van der Waals surface area contributed by atoms with Crippen LogP contribution in [0.5, 0.6) is 0 Å². The van der Waals surface area contributed by atoms with Crippen molar-refractivity contribution >= 4 is 0 Å². The molecule has 0 saturated heterocycles. The first-order chi connectivity index (χ1) is 8.90. The Labute approximate surface area is 113 Å². The van der Waals surface area contributed by atoms with E-state index in [0.717, 1.165) is 28.1 Å². The minimum absolute atomic E-state index is 0.211. The zero-order valence-corrected chi connectivity index (χ0v) is 11.9. The van der Waals surface area contributed by atoms with Crippen molar-refractivity contribution in [3.05, 3.63) is 52.1 Å². The van der Waals surface area contributed by atoms with Gasteiger partial charge in [0.2, 0.25) is 0 Å². The number of nitrogens with two attached hydrogens (primary N) is 1. The second-order valence-corrected chi connectivity index (χ2v) is 5.08. The van der Waals surface area contributed by atoms with Gasteiger partial charge in [0.25, 0.3) is 0 Å². The molecule has 1 aromatic heterocycles. The molecule has 2 N–H and O–H groups in total. The molecule has 0 fully saturated rings. The summed E-state index contributed by atoms with van der Waals surface area (Å²) >= 11 is 0. The van der Waals surface area contributed by atoms with Gasteiger partial charge in [-0.05, 0) is 56.0 Å². The zero-order valence-electron chi connectivity index (χ0n) is 11.9. The van der Waals surface area contributed by atoms with E-state index in [1.165, 1.54) is 12.1 Å². The third kappa shape index (κ3) is 2.68. The number of halogens is 1. The van der Waals surface area contributed by atoms with E-state index in [2.05, 4.69) is 5.10 Å². The maximum absolute atomic E-state index is 13.3. The average Bonchev–Trinajstić information content (AvgIpc) is 2.59. The standard InChI is InChI=1S/C15H20FN3/c1-9-5-6-12(16)7-13(9)15(17)8-14-10(2)18-19(4)11(14)3/h5-7,15H,8,17H2,1-4H3. The van der Waals surface area contributed by atoms with Crippen LogP contribution in [0.1, 0.15) is 34.1 Å². The lowest BCUT2D eigenvalue weighted by atomic mass is 9.95. The summed E-state index contributed by atoms with van der Waals surface area (Å²) in [6.45, 7) is 5.96. The first kappa shape index (κ1) is 13.7. The Morgan fingerprint density at radius 1 is 1.32 bits per heavy atom. The average molecular weight is 261 g/mol. The predicted molar refractivity (Wildman–Crippen MR) is 74.5 cm³/mol. The molecular weight excluding hydrogens is 241 g/mol. The van der Waals surface area contributed by atoms with Crippen LogP contribution < -0.4 is 5.73 Å². The Morgan fingerprint density at radius 3 is 2.58 bits per heavy atom. The summed E-state index contributed by atoms with van der Waals surface area (Å²) in [5.41, 5.74) is 11.4. The van der Waals surface area contributed by atoms with Crippen LogP contribution in [0.25, 0.3) is 0 Å². The van der Waals surface area contributed by atoms with Crippen LogP contribution >= 0.6 is 0 Å². The van der Waals surface area contributed by atoms with E-state index < -0.39 is 0 Å². The third-order valence-corrected chi connectivity index (χ3v) is 3.72. The van der Waals surface area contributed by atoms with Crippen molar-refractivity contribution in [2.45, 2.75) is 33.2 Å². The highest BCUT2D eigenvalue weighted by molar-refractivity contribution is 5.33. The number of hydrogen-bond acceptors (Lipinski definition) is 2. The van der Waals surface area contributed by atoms with E-state index in [1.54, 1.807) is 6.07 Å². The first-order valence-electron chi connectivity index (χ1n) is 6.41. The molecule has 0 bridgehead atoms. The number of rotatable bonds is 3. The summed E-state index contributed by atoms with van der Waals surface area (Å²) in [5, 5.41) is 4.38. The van der Waals surface area contributed by atoms with Crippen molar-refractivity contribution in [1.82, 2.24) is 9.78 Å². The molecule has 4 heteroatoms. The van der Waals surface area contributed by atoms with Crippen molar-refractivity contribution < 1.29 is 4.39 Å². The molecule has 1 unspecified atom stereocenters. The number of benzene rings is 1. The highest BCUT2D eigenvalue weighted by Crippen LogP contribution is 2.23. The normalized spacial score (nSPS) is 12.7. The van der Waals surface area contributed by atoms with Crippen molar-refractivity contribution in [2.24, 2.45) is 12.8 Å². The summed E-state index contributed by atoms with van der Waals surface area (Å²) in [4.78, 5) is 0. The minimum atomic E-state index is -0.240. The SMILES string of the molecule is Cc1ccc(F)cc1C(N)Cc1c(C)nn(C)c1C. The maximum Gasteiger partial charge on any atom is 0.123 e. The summed E-state index contributed by atoms with van der Waals surface area (Å²) in [6.07, 6.45) is 0.676. The van der Waals surface area contributed by atoms with Crippen LogP contribution in [-0.4, -0.2) is 9.78 Å². The van der Waals surface area contributed by atoms with E-state index in [0.29, 0.717) is 6.42 Å². The van der Waals surface area contributed by atoms with E-state index in [4.69, 9.17) is 5.73 Å². The van der Waals surface area contributed by atoms with Crippen LogP contribution in [-0.2, 0) is 13.5 Å².